The van der Waals surface area contributed by atoms with Crippen LogP contribution in [0.15, 0.2) is 17.0 Å². The molecule has 0 atom stereocenters. The summed E-state index contributed by atoms with van der Waals surface area (Å²) in [6.45, 7) is 0.441. The van der Waals surface area contributed by atoms with E-state index < -0.39 is 26.6 Å². The number of methoxy groups -OCH3 is 1. The minimum Gasteiger partial charge on any atom is -0.385 e. The SMILES string of the molecule is COCCCN(C)S(=O)(=O)c1cc(CN)cc(F)c1F. The molecule has 1 aromatic rings. The van der Waals surface area contributed by atoms with Crippen LogP contribution in [0.3, 0.4) is 0 Å². The zero-order valence-corrected chi connectivity index (χ0v) is 12.2. The maximum Gasteiger partial charge on any atom is 0.245 e. The van der Waals surface area contributed by atoms with E-state index in [0.717, 1.165) is 16.4 Å². The molecule has 0 spiro atoms. The lowest BCUT2D eigenvalue weighted by molar-refractivity contribution is 0.189. The summed E-state index contributed by atoms with van der Waals surface area (Å²) in [6, 6.07) is 1.94. The fourth-order valence-corrected chi connectivity index (χ4v) is 2.97. The van der Waals surface area contributed by atoms with Crippen molar-refractivity contribution >= 4 is 10.0 Å². The van der Waals surface area contributed by atoms with E-state index in [4.69, 9.17) is 10.5 Å². The van der Waals surface area contributed by atoms with E-state index in [0.29, 0.717) is 13.0 Å². The molecule has 0 heterocycles. The van der Waals surface area contributed by atoms with Crippen LogP contribution in [0, 0.1) is 11.6 Å². The molecule has 0 unspecified atom stereocenters. The molecule has 0 saturated carbocycles. The first-order valence-electron chi connectivity index (χ1n) is 5.97. The molecule has 2 N–H and O–H groups in total. The van der Waals surface area contributed by atoms with Crippen molar-refractivity contribution in [1.29, 1.82) is 0 Å². The molecule has 0 bridgehead atoms. The Morgan fingerprint density at radius 2 is 2.00 bits per heavy atom. The fourth-order valence-electron chi connectivity index (χ4n) is 1.64. The number of hydrogen-bond donors (Lipinski definition) is 1. The molecule has 1 rings (SSSR count). The summed E-state index contributed by atoms with van der Waals surface area (Å²) >= 11 is 0. The van der Waals surface area contributed by atoms with Crippen LogP contribution in [0.1, 0.15) is 12.0 Å². The average molecular weight is 308 g/mol. The van der Waals surface area contributed by atoms with Gasteiger partial charge in [-0.15, -0.1) is 0 Å². The third-order valence-corrected chi connectivity index (χ3v) is 4.66. The fraction of sp³-hybridized carbons (Fsp3) is 0.500. The molecule has 0 radical (unpaired) electrons. The highest BCUT2D eigenvalue weighted by Gasteiger charge is 2.26. The van der Waals surface area contributed by atoms with Crippen molar-refractivity contribution < 1.29 is 21.9 Å². The van der Waals surface area contributed by atoms with E-state index in [9.17, 15) is 17.2 Å². The molecule has 0 aromatic heterocycles. The van der Waals surface area contributed by atoms with Gasteiger partial charge in [-0.2, -0.15) is 0 Å². The van der Waals surface area contributed by atoms with Crippen LogP contribution in [0.25, 0.3) is 0 Å². The molecule has 8 heteroatoms. The van der Waals surface area contributed by atoms with Crippen LogP contribution < -0.4 is 5.73 Å². The predicted octanol–water partition coefficient (Wildman–Crippen LogP) is 1.08. The van der Waals surface area contributed by atoms with Gasteiger partial charge in [-0.25, -0.2) is 21.5 Å². The van der Waals surface area contributed by atoms with Gasteiger partial charge in [0.05, 0.1) is 0 Å². The monoisotopic (exact) mass is 308 g/mol. The van der Waals surface area contributed by atoms with Gasteiger partial charge in [-0.3, -0.25) is 0 Å². The average Bonchev–Trinajstić information content (AvgIpc) is 2.41. The lowest BCUT2D eigenvalue weighted by atomic mass is 10.2. The molecule has 0 aliphatic rings. The Hall–Kier alpha value is -1.09. The highest BCUT2D eigenvalue weighted by molar-refractivity contribution is 7.89. The van der Waals surface area contributed by atoms with Crippen molar-refractivity contribution in [2.45, 2.75) is 17.9 Å². The molecule has 0 aliphatic carbocycles. The Bertz CT molecular complexity index is 564. The van der Waals surface area contributed by atoms with Gasteiger partial charge in [-0.1, -0.05) is 0 Å². The molecule has 114 valence electrons. The first-order valence-corrected chi connectivity index (χ1v) is 7.41. The number of halogens is 2. The van der Waals surface area contributed by atoms with E-state index in [1.807, 2.05) is 0 Å². The number of ether oxygens (including phenoxy) is 1. The summed E-state index contributed by atoms with van der Waals surface area (Å²) < 4.78 is 57.3. The zero-order valence-electron chi connectivity index (χ0n) is 11.4. The van der Waals surface area contributed by atoms with E-state index in [1.54, 1.807) is 0 Å². The first kappa shape index (κ1) is 17.0. The molecular formula is C12H18F2N2O3S. The van der Waals surface area contributed by atoms with E-state index in [1.165, 1.54) is 14.2 Å². The molecular weight excluding hydrogens is 290 g/mol. The lowest BCUT2D eigenvalue weighted by Gasteiger charge is -2.18. The molecule has 0 saturated heterocycles. The summed E-state index contributed by atoms with van der Waals surface area (Å²) in [5, 5.41) is 0. The van der Waals surface area contributed by atoms with Crippen molar-refractivity contribution in [2.75, 3.05) is 27.3 Å². The van der Waals surface area contributed by atoms with Crippen LogP contribution in [0.2, 0.25) is 0 Å². The molecule has 5 nitrogen and oxygen atoms in total. The third kappa shape index (κ3) is 3.72. The van der Waals surface area contributed by atoms with Crippen LogP contribution in [-0.4, -0.2) is 40.0 Å². The lowest BCUT2D eigenvalue weighted by Crippen LogP contribution is -2.29. The summed E-state index contributed by atoms with van der Waals surface area (Å²) in [5.41, 5.74) is 5.56. The second-order valence-electron chi connectivity index (χ2n) is 4.27. The highest BCUT2D eigenvalue weighted by Crippen LogP contribution is 2.22. The van der Waals surface area contributed by atoms with E-state index in [-0.39, 0.29) is 18.7 Å². The second kappa shape index (κ2) is 7.07. The molecule has 20 heavy (non-hydrogen) atoms. The van der Waals surface area contributed by atoms with Gasteiger partial charge < -0.3 is 10.5 Å². The predicted molar refractivity (Wildman–Crippen MR) is 70.6 cm³/mol. The van der Waals surface area contributed by atoms with Crippen LogP contribution >= 0.6 is 0 Å². The third-order valence-electron chi connectivity index (χ3n) is 2.80. The van der Waals surface area contributed by atoms with Gasteiger partial charge in [0.1, 0.15) is 4.90 Å². The standard InChI is InChI=1S/C12H18F2N2O3S/c1-16(4-3-5-19-2)20(17,18)11-7-9(8-15)6-10(13)12(11)14/h6-7H,3-5,8,15H2,1-2H3. The van der Waals surface area contributed by atoms with Gasteiger partial charge in [0.15, 0.2) is 11.6 Å². The molecule has 0 aliphatic heterocycles. The number of nitrogens with two attached hydrogens (primary N) is 1. The highest BCUT2D eigenvalue weighted by atomic mass is 32.2. The van der Waals surface area contributed by atoms with Crippen molar-refractivity contribution in [3.63, 3.8) is 0 Å². The number of benzene rings is 1. The van der Waals surface area contributed by atoms with Gasteiger partial charge in [-0.05, 0) is 24.1 Å². The quantitative estimate of drug-likeness (QED) is 0.765. The Labute approximate surface area is 117 Å². The topological polar surface area (TPSA) is 72.6 Å². The summed E-state index contributed by atoms with van der Waals surface area (Å²) in [6.07, 6.45) is 0.451. The molecule has 0 fully saturated rings. The molecule has 0 amide bonds. The van der Waals surface area contributed by atoms with E-state index in [2.05, 4.69) is 0 Å². The Morgan fingerprint density at radius 3 is 2.55 bits per heavy atom. The summed E-state index contributed by atoms with van der Waals surface area (Å²) in [7, 11) is -1.30. The minimum absolute atomic E-state index is 0.0763. The van der Waals surface area contributed by atoms with Gasteiger partial charge >= 0.3 is 0 Å². The van der Waals surface area contributed by atoms with Crippen molar-refractivity contribution in [2.24, 2.45) is 5.73 Å². The maximum atomic E-state index is 13.7. The Kier molecular flexibility index (Phi) is 6.00. The maximum absolute atomic E-state index is 13.7. The van der Waals surface area contributed by atoms with Crippen LogP contribution in [-0.2, 0) is 21.3 Å². The normalized spacial score (nSPS) is 12.1. The van der Waals surface area contributed by atoms with Crippen molar-refractivity contribution in [3.05, 3.63) is 29.3 Å². The number of rotatable bonds is 7. The Morgan fingerprint density at radius 1 is 1.35 bits per heavy atom. The largest absolute Gasteiger partial charge is 0.385 e. The molecule has 1 aromatic carbocycles. The number of sulfonamides is 1. The smallest absolute Gasteiger partial charge is 0.245 e. The Balaban J connectivity index is 3.11. The van der Waals surface area contributed by atoms with Crippen LogP contribution in [0.5, 0.6) is 0 Å². The number of nitrogens with zero attached hydrogens (tertiary/aromatic N) is 1. The summed E-state index contributed by atoms with van der Waals surface area (Å²) in [5.74, 6) is -2.61. The van der Waals surface area contributed by atoms with Crippen molar-refractivity contribution in [1.82, 2.24) is 4.31 Å². The first-order chi connectivity index (χ1) is 9.34. The van der Waals surface area contributed by atoms with Gasteiger partial charge in [0.25, 0.3) is 0 Å². The summed E-state index contributed by atoms with van der Waals surface area (Å²) in [4.78, 5) is -0.696. The van der Waals surface area contributed by atoms with E-state index >= 15 is 0 Å². The van der Waals surface area contributed by atoms with Gasteiger partial charge in [0, 0.05) is 33.9 Å². The second-order valence-corrected chi connectivity index (χ2v) is 6.28. The van der Waals surface area contributed by atoms with Gasteiger partial charge in [0.2, 0.25) is 10.0 Å². The van der Waals surface area contributed by atoms with Crippen molar-refractivity contribution in [3.8, 4) is 0 Å². The van der Waals surface area contributed by atoms with Crippen LogP contribution in [0.4, 0.5) is 8.78 Å². The number of hydrogen-bond acceptors (Lipinski definition) is 4. The minimum atomic E-state index is -4.10. The zero-order chi connectivity index (χ0) is 15.3.